The summed E-state index contributed by atoms with van der Waals surface area (Å²) in [6.07, 6.45) is 0.441. The van der Waals surface area contributed by atoms with Gasteiger partial charge in [0.1, 0.15) is 0 Å². The molecule has 6 nitrogen and oxygen atoms in total. The number of nitrogens with two attached hydrogens (primary N) is 1. The number of nitrogens with zero attached hydrogens (tertiary/aromatic N) is 1. The molecular formula is C6H14N2O4S. The summed E-state index contributed by atoms with van der Waals surface area (Å²) in [5.41, 5.74) is -0.716. The van der Waals surface area contributed by atoms with Gasteiger partial charge in [0.05, 0.1) is 13.2 Å². The lowest BCUT2D eigenvalue weighted by atomic mass is 9.90. The molecule has 1 aliphatic rings. The van der Waals surface area contributed by atoms with Crippen LogP contribution < -0.4 is 5.14 Å². The molecule has 0 atom stereocenters. The number of aliphatic hydroxyl groups excluding tert-OH is 2. The van der Waals surface area contributed by atoms with Crippen LogP contribution in [0.2, 0.25) is 0 Å². The zero-order valence-corrected chi connectivity index (χ0v) is 8.00. The maximum atomic E-state index is 10.9. The molecule has 1 rings (SSSR count). The molecule has 0 spiro atoms. The average molecular weight is 210 g/mol. The predicted octanol–water partition coefficient (Wildman–Crippen LogP) is -2.13. The van der Waals surface area contributed by atoms with E-state index in [2.05, 4.69) is 0 Å². The van der Waals surface area contributed by atoms with Crippen LogP contribution in [0.1, 0.15) is 6.42 Å². The summed E-state index contributed by atoms with van der Waals surface area (Å²) in [7, 11) is -3.68. The molecule has 0 aliphatic carbocycles. The fraction of sp³-hybridized carbons (Fsp3) is 1.00. The first-order valence-electron chi connectivity index (χ1n) is 3.93. The molecule has 0 bridgehead atoms. The van der Waals surface area contributed by atoms with Crippen molar-refractivity contribution >= 4 is 10.2 Å². The van der Waals surface area contributed by atoms with Gasteiger partial charge < -0.3 is 10.2 Å². The highest BCUT2D eigenvalue weighted by molar-refractivity contribution is 7.86. The molecule has 7 heteroatoms. The molecule has 78 valence electrons. The summed E-state index contributed by atoms with van der Waals surface area (Å²) in [5.74, 6) is 0. The highest BCUT2D eigenvalue weighted by Gasteiger charge is 2.40. The van der Waals surface area contributed by atoms with Gasteiger partial charge in [0.15, 0.2) is 0 Å². The van der Waals surface area contributed by atoms with Gasteiger partial charge in [-0.1, -0.05) is 0 Å². The number of hydrogen-bond acceptors (Lipinski definition) is 4. The molecule has 0 amide bonds. The van der Waals surface area contributed by atoms with Crippen LogP contribution in [-0.4, -0.2) is 49.2 Å². The maximum absolute atomic E-state index is 10.9. The van der Waals surface area contributed by atoms with Crippen LogP contribution in [0.15, 0.2) is 0 Å². The van der Waals surface area contributed by atoms with E-state index in [-0.39, 0.29) is 26.3 Å². The standard InChI is InChI=1S/C6H14N2O4S/c7-13(11,12)8-2-1-6(3-8,4-9)5-10/h9-10H,1-5H2,(H2,7,11,12). The molecule has 13 heavy (non-hydrogen) atoms. The van der Waals surface area contributed by atoms with Gasteiger partial charge in [0.25, 0.3) is 10.2 Å². The van der Waals surface area contributed by atoms with Gasteiger partial charge in [-0.25, -0.2) is 5.14 Å². The summed E-state index contributed by atoms with van der Waals surface area (Å²) in [4.78, 5) is 0. The molecule has 1 saturated heterocycles. The van der Waals surface area contributed by atoms with Gasteiger partial charge in [-0.2, -0.15) is 12.7 Å². The molecule has 1 aliphatic heterocycles. The van der Waals surface area contributed by atoms with Crippen molar-refractivity contribution in [2.75, 3.05) is 26.3 Å². The van der Waals surface area contributed by atoms with Gasteiger partial charge in [-0.15, -0.1) is 0 Å². The lowest BCUT2D eigenvalue weighted by molar-refractivity contribution is 0.0671. The van der Waals surface area contributed by atoms with Crippen molar-refractivity contribution in [3.8, 4) is 0 Å². The zero-order chi connectivity index (χ0) is 10.1. The zero-order valence-electron chi connectivity index (χ0n) is 7.18. The van der Waals surface area contributed by atoms with E-state index in [9.17, 15) is 8.42 Å². The second-order valence-corrected chi connectivity index (χ2v) is 4.99. The largest absolute Gasteiger partial charge is 0.396 e. The van der Waals surface area contributed by atoms with Gasteiger partial charge in [-0.05, 0) is 6.42 Å². The second-order valence-electron chi connectivity index (χ2n) is 3.44. The van der Waals surface area contributed by atoms with Crippen molar-refractivity contribution in [3.63, 3.8) is 0 Å². The minimum Gasteiger partial charge on any atom is -0.396 e. The van der Waals surface area contributed by atoms with Crippen molar-refractivity contribution in [3.05, 3.63) is 0 Å². The maximum Gasteiger partial charge on any atom is 0.276 e. The molecule has 0 saturated carbocycles. The van der Waals surface area contributed by atoms with Crippen molar-refractivity contribution in [1.29, 1.82) is 0 Å². The fourth-order valence-electron chi connectivity index (χ4n) is 1.42. The summed E-state index contributed by atoms with van der Waals surface area (Å²) in [6.45, 7) is -0.0934. The lowest BCUT2D eigenvalue weighted by Gasteiger charge is -2.23. The Labute approximate surface area is 77.1 Å². The predicted molar refractivity (Wildman–Crippen MR) is 45.9 cm³/mol. The van der Waals surface area contributed by atoms with Crippen molar-refractivity contribution < 1.29 is 18.6 Å². The van der Waals surface area contributed by atoms with Gasteiger partial charge >= 0.3 is 0 Å². The topological polar surface area (TPSA) is 104 Å². The Bertz CT molecular complexity index is 272. The van der Waals surface area contributed by atoms with Crippen LogP contribution in [0.4, 0.5) is 0 Å². The molecule has 0 aromatic heterocycles. The average Bonchev–Trinajstić information content (AvgIpc) is 2.48. The monoisotopic (exact) mass is 210 g/mol. The van der Waals surface area contributed by atoms with Crippen LogP contribution in [0, 0.1) is 5.41 Å². The Morgan fingerprint density at radius 3 is 2.15 bits per heavy atom. The quantitative estimate of drug-likeness (QED) is 0.494. The first kappa shape index (κ1) is 10.9. The Morgan fingerprint density at radius 1 is 1.38 bits per heavy atom. The van der Waals surface area contributed by atoms with Gasteiger partial charge in [0, 0.05) is 18.5 Å². The number of hydrogen-bond donors (Lipinski definition) is 3. The third-order valence-corrected chi connectivity index (χ3v) is 3.47. The van der Waals surface area contributed by atoms with Gasteiger partial charge in [0.2, 0.25) is 0 Å². The van der Waals surface area contributed by atoms with E-state index in [0.717, 1.165) is 4.31 Å². The van der Waals surface area contributed by atoms with E-state index in [1.54, 1.807) is 0 Å². The molecule has 0 unspecified atom stereocenters. The van der Waals surface area contributed by atoms with E-state index in [0.29, 0.717) is 6.42 Å². The van der Waals surface area contributed by atoms with E-state index >= 15 is 0 Å². The van der Waals surface area contributed by atoms with Crippen LogP contribution in [0.3, 0.4) is 0 Å². The molecule has 0 aromatic rings. The summed E-state index contributed by atoms with van der Waals surface area (Å²) in [6, 6.07) is 0. The molecule has 4 N–H and O–H groups in total. The van der Waals surface area contributed by atoms with Gasteiger partial charge in [-0.3, -0.25) is 0 Å². The summed E-state index contributed by atoms with van der Waals surface area (Å²) >= 11 is 0. The minimum atomic E-state index is -3.68. The van der Waals surface area contributed by atoms with Crippen LogP contribution in [0.25, 0.3) is 0 Å². The second kappa shape index (κ2) is 3.50. The Balaban J connectivity index is 2.73. The van der Waals surface area contributed by atoms with Crippen molar-refractivity contribution in [1.82, 2.24) is 4.31 Å². The minimum absolute atomic E-state index is 0.0961. The Hall–Kier alpha value is -0.210. The van der Waals surface area contributed by atoms with Crippen molar-refractivity contribution in [2.45, 2.75) is 6.42 Å². The Morgan fingerprint density at radius 2 is 1.92 bits per heavy atom. The first-order chi connectivity index (χ1) is 5.93. The highest BCUT2D eigenvalue weighted by atomic mass is 32.2. The van der Waals surface area contributed by atoms with E-state index < -0.39 is 15.6 Å². The highest BCUT2D eigenvalue weighted by Crippen LogP contribution is 2.30. The fourth-order valence-corrected chi connectivity index (χ4v) is 2.22. The number of aliphatic hydroxyl groups is 2. The third kappa shape index (κ3) is 2.18. The SMILES string of the molecule is NS(=O)(=O)N1CCC(CO)(CO)C1. The smallest absolute Gasteiger partial charge is 0.276 e. The summed E-state index contributed by atoms with van der Waals surface area (Å²) < 4.78 is 22.9. The third-order valence-electron chi connectivity index (χ3n) is 2.43. The molecule has 1 fully saturated rings. The molecule has 0 aromatic carbocycles. The van der Waals surface area contributed by atoms with E-state index in [1.165, 1.54) is 0 Å². The Kier molecular flexibility index (Phi) is 2.93. The molecular weight excluding hydrogens is 196 g/mol. The lowest BCUT2D eigenvalue weighted by Crippen LogP contribution is -2.39. The first-order valence-corrected chi connectivity index (χ1v) is 5.43. The molecule has 1 heterocycles. The van der Waals surface area contributed by atoms with Crippen LogP contribution in [-0.2, 0) is 10.2 Å². The number of rotatable bonds is 3. The van der Waals surface area contributed by atoms with E-state index in [1.807, 2.05) is 0 Å². The van der Waals surface area contributed by atoms with Crippen molar-refractivity contribution in [2.24, 2.45) is 10.6 Å². The van der Waals surface area contributed by atoms with Crippen LogP contribution in [0.5, 0.6) is 0 Å². The molecule has 0 radical (unpaired) electrons. The summed E-state index contributed by atoms with van der Waals surface area (Å²) in [5, 5.41) is 22.9. The van der Waals surface area contributed by atoms with Crippen LogP contribution >= 0.6 is 0 Å². The normalized spacial score (nSPS) is 23.6. The van der Waals surface area contributed by atoms with E-state index in [4.69, 9.17) is 15.4 Å².